The van der Waals surface area contributed by atoms with Crippen molar-refractivity contribution >= 4 is 0 Å². The molecule has 0 unspecified atom stereocenters. The van der Waals surface area contributed by atoms with Crippen LogP contribution >= 0.6 is 0 Å². The quantitative estimate of drug-likeness (QED) is 0.436. The Morgan fingerprint density at radius 2 is 1.60 bits per heavy atom. The van der Waals surface area contributed by atoms with Gasteiger partial charge in [0.05, 0.1) is 25.8 Å². The molecule has 0 bridgehead atoms. The highest BCUT2D eigenvalue weighted by atomic mass is 19.1. The van der Waals surface area contributed by atoms with Crippen molar-refractivity contribution in [1.29, 1.82) is 0 Å². The zero-order valence-corrected chi connectivity index (χ0v) is 19.4. The highest BCUT2D eigenvalue weighted by Crippen LogP contribution is 2.29. The van der Waals surface area contributed by atoms with Gasteiger partial charge in [-0.05, 0) is 24.6 Å². The molecule has 4 rings (SSSR count). The first-order chi connectivity index (χ1) is 16.8. The van der Waals surface area contributed by atoms with Crippen molar-refractivity contribution in [3.63, 3.8) is 0 Å². The number of halogens is 2. The zero-order valence-electron chi connectivity index (χ0n) is 19.4. The third-order valence-corrected chi connectivity index (χ3v) is 6.03. The molecule has 4 aromatic rings. The predicted octanol–water partition coefficient (Wildman–Crippen LogP) is 4.02. The highest BCUT2D eigenvalue weighted by Gasteiger charge is 2.23. The van der Waals surface area contributed by atoms with Gasteiger partial charge in [0, 0.05) is 22.9 Å². The van der Waals surface area contributed by atoms with E-state index >= 15 is 4.39 Å². The van der Waals surface area contributed by atoms with Crippen LogP contribution in [0.4, 0.5) is 8.78 Å². The van der Waals surface area contributed by atoms with Crippen LogP contribution in [0.2, 0.25) is 0 Å². The van der Waals surface area contributed by atoms with Crippen molar-refractivity contribution in [3.05, 3.63) is 122 Å². The second-order valence-electron chi connectivity index (χ2n) is 8.18. The summed E-state index contributed by atoms with van der Waals surface area (Å²) in [6, 6.07) is 18.9. The van der Waals surface area contributed by atoms with E-state index in [-0.39, 0.29) is 41.2 Å². The van der Waals surface area contributed by atoms with E-state index in [1.807, 2.05) is 6.07 Å². The van der Waals surface area contributed by atoms with Gasteiger partial charge in [0.15, 0.2) is 11.6 Å². The Labute approximate surface area is 200 Å². The predicted molar refractivity (Wildman–Crippen MR) is 131 cm³/mol. The number of nitrogens with zero attached hydrogens (tertiary/aromatic N) is 2. The monoisotopic (exact) mass is 477 g/mol. The van der Waals surface area contributed by atoms with Gasteiger partial charge in [0.25, 0.3) is 5.56 Å². The molecule has 0 saturated carbocycles. The van der Waals surface area contributed by atoms with Crippen LogP contribution in [0.1, 0.15) is 22.9 Å². The van der Waals surface area contributed by atoms with E-state index in [4.69, 9.17) is 10.5 Å². The molecule has 0 fully saturated rings. The lowest BCUT2D eigenvalue weighted by molar-refractivity contribution is 0.387. The van der Waals surface area contributed by atoms with Gasteiger partial charge in [-0.1, -0.05) is 60.7 Å². The van der Waals surface area contributed by atoms with E-state index < -0.39 is 28.9 Å². The molecule has 3 aromatic carbocycles. The summed E-state index contributed by atoms with van der Waals surface area (Å²) in [6.07, 6.45) is 0. The van der Waals surface area contributed by atoms with Gasteiger partial charge in [-0.25, -0.2) is 13.6 Å². The van der Waals surface area contributed by atoms with E-state index in [1.54, 1.807) is 55.5 Å². The lowest BCUT2D eigenvalue weighted by Gasteiger charge is -2.20. The van der Waals surface area contributed by atoms with Crippen molar-refractivity contribution in [2.75, 3.05) is 7.11 Å². The third kappa shape index (κ3) is 4.65. The van der Waals surface area contributed by atoms with Gasteiger partial charge in [0.1, 0.15) is 5.82 Å². The van der Waals surface area contributed by atoms with E-state index in [0.717, 1.165) is 10.1 Å². The first-order valence-electron chi connectivity index (χ1n) is 11.0. The maximum absolute atomic E-state index is 15.3. The van der Waals surface area contributed by atoms with Gasteiger partial charge in [0.2, 0.25) is 0 Å². The minimum absolute atomic E-state index is 0.0161. The molecule has 0 spiro atoms. The summed E-state index contributed by atoms with van der Waals surface area (Å²) in [5, 5.41) is 0. The molecule has 8 heteroatoms. The molecule has 1 atom stereocenters. The number of aromatic nitrogens is 2. The highest BCUT2D eigenvalue weighted by molar-refractivity contribution is 5.67. The summed E-state index contributed by atoms with van der Waals surface area (Å²) in [4.78, 5) is 27.1. The number of hydrogen-bond acceptors (Lipinski definition) is 4. The molecule has 180 valence electrons. The summed E-state index contributed by atoms with van der Waals surface area (Å²) in [5.74, 6) is -1.27. The van der Waals surface area contributed by atoms with E-state index in [0.29, 0.717) is 0 Å². The number of hydrogen-bond donors (Lipinski definition) is 1. The first-order valence-corrected chi connectivity index (χ1v) is 11.0. The first kappa shape index (κ1) is 24.1. The molecule has 2 N–H and O–H groups in total. The van der Waals surface area contributed by atoms with Crippen LogP contribution in [0.15, 0.2) is 82.4 Å². The normalized spacial score (nSPS) is 11.9. The van der Waals surface area contributed by atoms with Crippen molar-refractivity contribution in [2.24, 2.45) is 5.73 Å². The fourth-order valence-corrected chi connectivity index (χ4v) is 4.12. The van der Waals surface area contributed by atoms with E-state index in [2.05, 4.69) is 0 Å². The minimum atomic E-state index is -0.731. The maximum atomic E-state index is 15.3. The molecule has 0 saturated heterocycles. The van der Waals surface area contributed by atoms with Crippen molar-refractivity contribution in [2.45, 2.75) is 26.1 Å². The summed E-state index contributed by atoms with van der Waals surface area (Å²) >= 11 is 0. The second-order valence-corrected chi connectivity index (χ2v) is 8.18. The molecule has 35 heavy (non-hydrogen) atoms. The van der Waals surface area contributed by atoms with E-state index in [9.17, 15) is 14.0 Å². The van der Waals surface area contributed by atoms with Gasteiger partial charge in [-0.3, -0.25) is 13.9 Å². The Bertz CT molecular complexity index is 1480. The average molecular weight is 478 g/mol. The second kappa shape index (κ2) is 10.1. The Hall–Kier alpha value is -4.04. The van der Waals surface area contributed by atoms with E-state index in [1.165, 1.54) is 29.9 Å². The van der Waals surface area contributed by atoms with Crippen molar-refractivity contribution in [3.8, 4) is 16.9 Å². The molecule has 1 aromatic heterocycles. The molecule has 0 aliphatic heterocycles. The topological polar surface area (TPSA) is 79.2 Å². The SMILES string of the molecule is COc1cccc(-c2c(C)n(Cc3ccccc3F)c(=O)n(C[C@H](N)c3ccccc3)c2=O)c1F. The lowest BCUT2D eigenvalue weighted by Crippen LogP contribution is -2.44. The lowest BCUT2D eigenvalue weighted by atomic mass is 10.0. The number of rotatable bonds is 7. The minimum Gasteiger partial charge on any atom is -0.494 e. The molecule has 0 radical (unpaired) electrons. The molecule has 6 nitrogen and oxygen atoms in total. The Morgan fingerprint density at radius 3 is 2.29 bits per heavy atom. The Balaban J connectivity index is 1.96. The Kier molecular flexibility index (Phi) is 6.93. The van der Waals surface area contributed by atoms with Gasteiger partial charge in [-0.2, -0.15) is 0 Å². The fraction of sp³-hybridized carbons (Fsp3) is 0.185. The summed E-state index contributed by atoms with van der Waals surface area (Å²) in [5.41, 5.74) is 6.15. The number of methoxy groups -OCH3 is 1. The standard InChI is InChI=1S/C27H25F2N3O3/c1-17-24(20-12-8-14-23(35-2)25(20)29)26(33)32(16-22(30)18-9-4-3-5-10-18)27(34)31(17)15-19-11-6-7-13-21(19)28/h3-14,22H,15-16,30H2,1-2H3/t22-/m0/s1. The van der Waals surface area contributed by atoms with Crippen LogP contribution in [-0.2, 0) is 13.1 Å². The van der Waals surface area contributed by atoms with Gasteiger partial charge in [-0.15, -0.1) is 0 Å². The smallest absolute Gasteiger partial charge is 0.331 e. The van der Waals surface area contributed by atoms with Gasteiger partial charge >= 0.3 is 5.69 Å². The molecule has 0 aliphatic rings. The number of ether oxygens (including phenoxy) is 1. The Morgan fingerprint density at radius 1 is 0.914 bits per heavy atom. The molecular weight excluding hydrogens is 452 g/mol. The van der Waals surface area contributed by atoms with Crippen LogP contribution in [0.25, 0.3) is 11.1 Å². The van der Waals surface area contributed by atoms with Crippen LogP contribution in [0.5, 0.6) is 5.75 Å². The summed E-state index contributed by atoms with van der Waals surface area (Å²) in [6.45, 7) is 1.26. The number of nitrogens with two attached hydrogens (primary N) is 1. The zero-order chi connectivity index (χ0) is 25.1. The molecular formula is C27H25F2N3O3. The molecule has 1 heterocycles. The number of benzene rings is 3. The average Bonchev–Trinajstić information content (AvgIpc) is 2.87. The fourth-order valence-electron chi connectivity index (χ4n) is 4.12. The van der Waals surface area contributed by atoms with Crippen LogP contribution in [0, 0.1) is 18.6 Å². The molecule has 0 aliphatic carbocycles. The third-order valence-electron chi connectivity index (χ3n) is 6.03. The maximum Gasteiger partial charge on any atom is 0.331 e. The van der Waals surface area contributed by atoms with Crippen LogP contribution < -0.4 is 21.7 Å². The van der Waals surface area contributed by atoms with Gasteiger partial charge < -0.3 is 10.5 Å². The largest absolute Gasteiger partial charge is 0.494 e. The van der Waals surface area contributed by atoms with Crippen LogP contribution in [-0.4, -0.2) is 16.2 Å². The van der Waals surface area contributed by atoms with Crippen LogP contribution in [0.3, 0.4) is 0 Å². The summed E-state index contributed by atoms with van der Waals surface area (Å²) in [7, 11) is 1.32. The summed E-state index contributed by atoms with van der Waals surface area (Å²) < 4.78 is 37.1. The van der Waals surface area contributed by atoms with Crippen molar-refractivity contribution in [1.82, 2.24) is 9.13 Å². The van der Waals surface area contributed by atoms with Crippen molar-refractivity contribution < 1.29 is 13.5 Å². The molecule has 0 amide bonds.